The number of nitrogens with one attached hydrogen (secondary N) is 1. The van der Waals surface area contributed by atoms with E-state index in [0.29, 0.717) is 13.1 Å². The van der Waals surface area contributed by atoms with Crippen LogP contribution in [0, 0.1) is 5.92 Å². The molecule has 17 heavy (non-hydrogen) atoms. The second-order valence-corrected chi connectivity index (χ2v) is 4.61. The van der Waals surface area contributed by atoms with Crippen molar-refractivity contribution in [3.63, 3.8) is 0 Å². The molecule has 3 N–H and O–H groups in total. The summed E-state index contributed by atoms with van der Waals surface area (Å²) >= 11 is 0. The minimum atomic E-state index is -0.378. The number of likely N-dealkylation sites (tertiary alicyclic amines) is 1. The molecule has 1 rings (SSSR count). The maximum atomic E-state index is 11.9. The first-order valence-corrected chi connectivity index (χ1v) is 6.36. The van der Waals surface area contributed by atoms with E-state index in [1.54, 1.807) is 11.9 Å². The predicted octanol–water partition coefficient (Wildman–Crippen LogP) is 0.0984. The van der Waals surface area contributed by atoms with E-state index in [0.717, 1.165) is 25.7 Å². The number of nitrogens with two attached hydrogens (primary N) is 1. The first kappa shape index (κ1) is 14.0. The number of carbonyl (C=O) groups excluding carboxylic acids is 2. The summed E-state index contributed by atoms with van der Waals surface area (Å²) in [6.07, 6.45) is 3.13. The third kappa shape index (κ3) is 3.70. The number of hydrogen-bond donors (Lipinski definition) is 2. The zero-order valence-corrected chi connectivity index (χ0v) is 10.7. The fourth-order valence-electron chi connectivity index (χ4n) is 2.24. The van der Waals surface area contributed by atoms with Crippen LogP contribution in [-0.4, -0.2) is 42.9 Å². The Hall–Kier alpha value is -1.10. The molecule has 1 aliphatic heterocycles. The summed E-state index contributed by atoms with van der Waals surface area (Å²) in [4.78, 5) is 25.2. The smallest absolute Gasteiger partial charge is 0.239 e. The van der Waals surface area contributed by atoms with Gasteiger partial charge in [-0.05, 0) is 19.3 Å². The summed E-state index contributed by atoms with van der Waals surface area (Å²) in [5, 5.41) is 2.65. The van der Waals surface area contributed by atoms with Gasteiger partial charge in [-0.1, -0.05) is 13.3 Å². The molecule has 5 nitrogen and oxygen atoms in total. The number of rotatable bonds is 4. The molecular weight excluding hydrogens is 218 g/mol. The van der Waals surface area contributed by atoms with Crippen LogP contribution in [0.25, 0.3) is 0 Å². The minimum absolute atomic E-state index is 0.0298. The Morgan fingerprint density at radius 1 is 1.41 bits per heavy atom. The molecule has 0 spiro atoms. The molecule has 1 aliphatic rings. The fourth-order valence-corrected chi connectivity index (χ4v) is 2.24. The number of hydrogen-bond acceptors (Lipinski definition) is 3. The maximum absolute atomic E-state index is 11.9. The molecule has 1 heterocycles. The van der Waals surface area contributed by atoms with Gasteiger partial charge in [-0.2, -0.15) is 0 Å². The molecule has 1 fully saturated rings. The van der Waals surface area contributed by atoms with Crippen molar-refractivity contribution >= 4 is 11.8 Å². The van der Waals surface area contributed by atoms with Crippen LogP contribution in [0.2, 0.25) is 0 Å². The van der Waals surface area contributed by atoms with Gasteiger partial charge in [0.25, 0.3) is 0 Å². The van der Waals surface area contributed by atoms with Crippen molar-refractivity contribution in [3.05, 3.63) is 0 Å². The van der Waals surface area contributed by atoms with Crippen LogP contribution in [0.15, 0.2) is 0 Å². The van der Waals surface area contributed by atoms with E-state index in [2.05, 4.69) is 5.32 Å². The van der Waals surface area contributed by atoms with E-state index >= 15 is 0 Å². The highest BCUT2D eigenvalue weighted by atomic mass is 16.2. The molecule has 0 saturated carbocycles. The van der Waals surface area contributed by atoms with Gasteiger partial charge >= 0.3 is 0 Å². The molecule has 0 aromatic heterocycles. The van der Waals surface area contributed by atoms with E-state index in [9.17, 15) is 9.59 Å². The molecule has 5 heteroatoms. The van der Waals surface area contributed by atoms with Crippen molar-refractivity contribution in [2.24, 2.45) is 11.7 Å². The van der Waals surface area contributed by atoms with Crippen LogP contribution in [0.5, 0.6) is 0 Å². The Kier molecular flexibility index (Phi) is 5.41. The second-order valence-electron chi connectivity index (χ2n) is 4.61. The van der Waals surface area contributed by atoms with Crippen molar-refractivity contribution in [2.45, 2.75) is 38.6 Å². The summed E-state index contributed by atoms with van der Waals surface area (Å²) in [6.45, 7) is 3.31. The molecule has 0 aromatic rings. The average Bonchev–Trinajstić information content (AvgIpc) is 2.37. The largest absolute Gasteiger partial charge is 0.359 e. The Balaban J connectivity index is 2.41. The van der Waals surface area contributed by atoms with Gasteiger partial charge in [-0.25, -0.2) is 0 Å². The molecule has 2 amide bonds. The fraction of sp³-hybridized carbons (Fsp3) is 0.833. The van der Waals surface area contributed by atoms with Gasteiger partial charge < -0.3 is 16.0 Å². The van der Waals surface area contributed by atoms with Crippen LogP contribution in [0.4, 0.5) is 0 Å². The van der Waals surface area contributed by atoms with Gasteiger partial charge in [0.1, 0.15) is 0 Å². The molecule has 0 bridgehead atoms. The Bertz CT molecular complexity index is 273. The SMILES string of the molecule is CCC[C@@H](N)C(=O)N1CCC(C(=O)NC)CC1. The first-order valence-electron chi connectivity index (χ1n) is 6.36. The lowest BCUT2D eigenvalue weighted by Gasteiger charge is -2.32. The quantitative estimate of drug-likeness (QED) is 0.733. The van der Waals surface area contributed by atoms with Crippen molar-refractivity contribution in [1.82, 2.24) is 10.2 Å². The standard InChI is InChI=1S/C12H23N3O2/c1-3-4-10(13)12(17)15-7-5-9(6-8-15)11(16)14-2/h9-10H,3-8,13H2,1-2H3,(H,14,16)/t10-/m1/s1. The van der Waals surface area contributed by atoms with E-state index in [-0.39, 0.29) is 23.8 Å². The van der Waals surface area contributed by atoms with Crippen molar-refractivity contribution < 1.29 is 9.59 Å². The van der Waals surface area contributed by atoms with Gasteiger partial charge in [0.2, 0.25) is 11.8 Å². The summed E-state index contributed by atoms with van der Waals surface area (Å²) in [7, 11) is 1.65. The van der Waals surface area contributed by atoms with Gasteiger partial charge in [-0.15, -0.1) is 0 Å². The maximum Gasteiger partial charge on any atom is 0.239 e. The Labute approximate surface area is 103 Å². The second kappa shape index (κ2) is 6.59. The van der Waals surface area contributed by atoms with E-state index < -0.39 is 0 Å². The van der Waals surface area contributed by atoms with E-state index in [4.69, 9.17) is 5.73 Å². The number of carbonyl (C=O) groups is 2. The highest BCUT2D eigenvalue weighted by molar-refractivity contribution is 5.82. The third-order valence-corrected chi connectivity index (χ3v) is 3.34. The van der Waals surface area contributed by atoms with E-state index in [1.807, 2.05) is 6.92 Å². The average molecular weight is 241 g/mol. The number of amides is 2. The lowest BCUT2D eigenvalue weighted by molar-refractivity contribution is -0.136. The molecule has 0 unspecified atom stereocenters. The molecule has 0 radical (unpaired) electrons. The third-order valence-electron chi connectivity index (χ3n) is 3.34. The monoisotopic (exact) mass is 241 g/mol. The van der Waals surface area contributed by atoms with E-state index in [1.165, 1.54) is 0 Å². The Morgan fingerprint density at radius 2 is 2.00 bits per heavy atom. The highest BCUT2D eigenvalue weighted by Gasteiger charge is 2.28. The van der Waals surface area contributed by atoms with Crippen LogP contribution in [-0.2, 0) is 9.59 Å². The normalized spacial score (nSPS) is 18.9. The summed E-state index contributed by atoms with van der Waals surface area (Å²) in [5.74, 6) is 0.156. The number of piperidine rings is 1. The summed E-state index contributed by atoms with van der Waals surface area (Å²) in [5.41, 5.74) is 5.81. The van der Waals surface area contributed by atoms with Crippen LogP contribution >= 0.6 is 0 Å². The zero-order chi connectivity index (χ0) is 12.8. The van der Waals surface area contributed by atoms with Crippen LogP contribution in [0.3, 0.4) is 0 Å². The molecule has 1 saturated heterocycles. The summed E-state index contributed by atoms with van der Waals surface area (Å²) in [6, 6.07) is -0.378. The zero-order valence-electron chi connectivity index (χ0n) is 10.7. The molecule has 0 aromatic carbocycles. The van der Waals surface area contributed by atoms with Gasteiger partial charge in [0.15, 0.2) is 0 Å². The van der Waals surface area contributed by atoms with Gasteiger partial charge in [-0.3, -0.25) is 9.59 Å². The van der Waals surface area contributed by atoms with Crippen molar-refractivity contribution in [2.75, 3.05) is 20.1 Å². The van der Waals surface area contributed by atoms with Gasteiger partial charge in [0, 0.05) is 26.1 Å². The molecular formula is C12H23N3O2. The number of nitrogens with zero attached hydrogens (tertiary/aromatic N) is 1. The van der Waals surface area contributed by atoms with Crippen LogP contribution < -0.4 is 11.1 Å². The van der Waals surface area contributed by atoms with Crippen LogP contribution in [0.1, 0.15) is 32.6 Å². The van der Waals surface area contributed by atoms with Gasteiger partial charge in [0.05, 0.1) is 6.04 Å². The lowest BCUT2D eigenvalue weighted by atomic mass is 9.95. The predicted molar refractivity (Wildman–Crippen MR) is 66.3 cm³/mol. The minimum Gasteiger partial charge on any atom is -0.359 e. The molecule has 98 valence electrons. The topological polar surface area (TPSA) is 75.4 Å². The lowest BCUT2D eigenvalue weighted by Crippen LogP contribution is -2.48. The highest BCUT2D eigenvalue weighted by Crippen LogP contribution is 2.18. The summed E-state index contributed by atoms with van der Waals surface area (Å²) < 4.78 is 0. The molecule has 0 aliphatic carbocycles. The first-order chi connectivity index (χ1) is 8.10. The molecule has 1 atom stereocenters. The van der Waals surface area contributed by atoms with Crippen molar-refractivity contribution in [3.8, 4) is 0 Å². The van der Waals surface area contributed by atoms with Crippen molar-refractivity contribution in [1.29, 1.82) is 0 Å². The Morgan fingerprint density at radius 3 is 2.47 bits per heavy atom.